The van der Waals surface area contributed by atoms with E-state index in [9.17, 15) is 9.50 Å². The topological polar surface area (TPSA) is 29.5 Å². The van der Waals surface area contributed by atoms with Crippen LogP contribution < -0.4 is 4.74 Å². The van der Waals surface area contributed by atoms with Crippen molar-refractivity contribution < 1.29 is 14.2 Å². The molecule has 1 aromatic carbocycles. The van der Waals surface area contributed by atoms with Crippen molar-refractivity contribution in [1.29, 1.82) is 0 Å². The molecule has 16 heavy (non-hydrogen) atoms. The predicted octanol–water partition coefficient (Wildman–Crippen LogP) is 2.61. The molecule has 0 bridgehead atoms. The summed E-state index contributed by atoms with van der Waals surface area (Å²) in [5.41, 5.74) is 0. The lowest BCUT2D eigenvalue weighted by atomic mass is 9.76. The van der Waals surface area contributed by atoms with E-state index in [1.807, 2.05) is 0 Å². The molecule has 1 aromatic rings. The van der Waals surface area contributed by atoms with Crippen molar-refractivity contribution in [3.05, 3.63) is 30.1 Å². The van der Waals surface area contributed by atoms with Gasteiger partial charge in [-0.05, 0) is 30.9 Å². The Balaban J connectivity index is 1.85. The first-order valence-corrected chi connectivity index (χ1v) is 5.79. The average Bonchev–Trinajstić information content (AvgIpc) is 2.21. The van der Waals surface area contributed by atoms with Gasteiger partial charge in [-0.15, -0.1) is 0 Å². The first-order chi connectivity index (χ1) is 7.79. The largest absolute Gasteiger partial charge is 0.493 e. The molecule has 0 amide bonds. The van der Waals surface area contributed by atoms with E-state index in [2.05, 4.69) is 0 Å². The third kappa shape index (κ3) is 2.73. The minimum absolute atomic E-state index is 0.153. The molecule has 88 valence electrons. The van der Waals surface area contributed by atoms with Gasteiger partial charge in [0, 0.05) is 18.6 Å². The van der Waals surface area contributed by atoms with Gasteiger partial charge in [0.25, 0.3) is 0 Å². The van der Waals surface area contributed by atoms with E-state index in [0.717, 1.165) is 0 Å². The second-order valence-electron chi connectivity index (χ2n) is 4.40. The highest BCUT2D eigenvalue weighted by Crippen LogP contribution is 2.33. The molecule has 0 aromatic heterocycles. The van der Waals surface area contributed by atoms with Crippen LogP contribution in [0.5, 0.6) is 5.75 Å². The van der Waals surface area contributed by atoms with Gasteiger partial charge in [-0.25, -0.2) is 4.39 Å². The summed E-state index contributed by atoms with van der Waals surface area (Å²) < 4.78 is 18.4. The summed E-state index contributed by atoms with van der Waals surface area (Å²) >= 11 is 0. The van der Waals surface area contributed by atoms with Crippen LogP contribution >= 0.6 is 0 Å². The summed E-state index contributed by atoms with van der Waals surface area (Å²) in [4.78, 5) is 0. The van der Waals surface area contributed by atoms with Crippen LogP contribution in [-0.2, 0) is 0 Å². The number of rotatable bonds is 5. The van der Waals surface area contributed by atoms with Gasteiger partial charge in [0.2, 0.25) is 0 Å². The zero-order valence-electron chi connectivity index (χ0n) is 9.23. The Morgan fingerprint density at radius 1 is 1.44 bits per heavy atom. The van der Waals surface area contributed by atoms with Gasteiger partial charge in [-0.1, -0.05) is 12.5 Å². The molecule has 0 aliphatic heterocycles. The molecule has 1 unspecified atom stereocenters. The first kappa shape index (κ1) is 11.4. The Hall–Kier alpha value is -1.09. The highest BCUT2D eigenvalue weighted by molar-refractivity contribution is 5.22. The van der Waals surface area contributed by atoms with Crippen LogP contribution in [0, 0.1) is 17.7 Å². The number of halogens is 1. The lowest BCUT2D eigenvalue weighted by Gasteiger charge is -2.32. The fourth-order valence-corrected chi connectivity index (χ4v) is 2.01. The Labute approximate surface area is 95.1 Å². The van der Waals surface area contributed by atoms with Gasteiger partial charge < -0.3 is 9.84 Å². The van der Waals surface area contributed by atoms with E-state index in [1.54, 1.807) is 12.1 Å². The third-order valence-electron chi connectivity index (χ3n) is 3.31. The summed E-state index contributed by atoms with van der Waals surface area (Å²) in [6.45, 7) is 0.630. The molecule has 0 saturated heterocycles. The molecule has 1 fully saturated rings. The summed E-state index contributed by atoms with van der Waals surface area (Å²) in [6, 6.07) is 6.12. The summed E-state index contributed by atoms with van der Waals surface area (Å²) in [5, 5.41) is 9.24. The van der Waals surface area contributed by atoms with Gasteiger partial charge in [0.1, 0.15) is 11.6 Å². The fourth-order valence-electron chi connectivity index (χ4n) is 2.01. The van der Waals surface area contributed by atoms with Gasteiger partial charge in [-0.3, -0.25) is 0 Å². The van der Waals surface area contributed by atoms with Crippen molar-refractivity contribution in [1.82, 2.24) is 0 Å². The van der Waals surface area contributed by atoms with E-state index in [-0.39, 0.29) is 18.3 Å². The molecular formula is C13H17FO2. The van der Waals surface area contributed by atoms with Crippen molar-refractivity contribution in [2.45, 2.75) is 19.3 Å². The molecule has 1 atom stereocenters. The summed E-state index contributed by atoms with van der Waals surface area (Å²) in [5.74, 6) is 1.02. The average molecular weight is 224 g/mol. The number of hydrogen-bond acceptors (Lipinski definition) is 2. The Kier molecular flexibility index (Phi) is 3.78. The van der Waals surface area contributed by atoms with Crippen LogP contribution in [0.1, 0.15) is 19.3 Å². The molecule has 1 aliphatic rings. The van der Waals surface area contributed by atoms with E-state index in [0.29, 0.717) is 18.3 Å². The Morgan fingerprint density at radius 3 is 2.81 bits per heavy atom. The predicted molar refractivity (Wildman–Crippen MR) is 59.8 cm³/mol. The van der Waals surface area contributed by atoms with Gasteiger partial charge in [0.15, 0.2) is 0 Å². The molecule has 3 heteroatoms. The minimum Gasteiger partial charge on any atom is -0.493 e. The Bertz CT molecular complexity index is 336. The number of benzene rings is 1. The number of hydrogen-bond donors (Lipinski definition) is 1. The molecule has 2 rings (SSSR count). The van der Waals surface area contributed by atoms with E-state index >= 15 is 0 Å². The van der Waals surface area contributed by atoms with Crippen LogP contribution in [0.2, 0.25) is 0 Å². The lowest BCUT2D eigenvalue weighted by molar-refractivity contribution is 0.0794. The second kappa shape index (κ2) is 5.30. The highest BCUT2D eigenvalue weighted by atomic mass is 19.1. The maximum Gasteiger partial charge on any atom is 0.126 e. The maximum atomic E-state index is 12.9. The van der Waals surface area contributed by atoms with Crippen molar-refractivity contribution >= 4 is 0 Å². The molecule has 0 spiro atoms. The van der Waals surface area contributed by atoms with Gasteiger partial charge in [-0.2, -0.15) is 0 Å². The Morgan fingerprint density at radius 2 is 2.25 bits per heavy atom. The van der Waals surface area contributed by atoms with Crippen molar-refractivity contribution in [3.8, 4) is 5.75 Å². The minimum atomic E-state index is -0.290. The molecule has 1 saturated carbocycles. The van der Waals surface area contributed by atoms with Crippen LogP contribution in [-0.4, -0.2) is 18.3 Å². The van der Waals surface area contributed by atoms with E-state index < -0.39 is 0 Å². The normalized spacial score (nSPS) is 17.9. The summed E-state index contributed by atoms with van der Waals surface area (Å²) in [7, 11) is 0. The molecule has 0 radical (unpaired) electrons. The molecule has 0 heterocycles. The quantitative estimate of drug-likeness (QED) is 0.833. The SMILES string of the molecule is OCC(COc1cccc(F)c1)C1CCC1. The monoisotopic (exact) mass is 224 g/mol. The van der Waals surface area contributed by atoms with Crippen LogP contribution in [0.3, 0.4) is 0 Å². The van der Waals surface area contributed by atoms with E-state index in [4.69, 9.17) is 4.74 Å². The van der Waals surface area contributed by atoms with Crippen LogP contribution in [0.25, 0.3) is 0 Å². The zero-order chi connectivity index (χ0) is 11.4. The van der Waals surface area contributed by atoms with Gasteiger partial charge in [0.05, 0.1) is 6.61 Å². The number of aliphatic hydroxyl groups is 1. The second-order valence-corrected chi connectivity index (χ2v) is 4.40. The standard InChI is InChI=1S/C13H17FO2/c14-12-5-2-6-13(7-12)16-9-11(8-15)10-3-1-4-10/h2,5-7,10-11,15H,1,3-4,8-9H2. The lowest BCUT2D eigenvalue weighted by Crippen LogP contribution is -2.29. The van der Waals surface area contributed by atoms with Crippen molar-refractivity contribution in [2.75, 3.05) is 13.2 Å². The van der Waals surface area contributed by atoms with Crippen LogP contribution in [0.4, 0.5) is 4.39 Å². The highest BCUT2D eigenvalue weighted by Gasteiger charge is 2.27. The zero-order valence-corrected chi connectivity index (χ0v) is 9.23. The third-order valence-corrected chi connectivity index (χ3v) is 3.31. The van der Waals surface area contributed by atoms with Crippen molar-refractivity contribution in [3.63, 3.8) is 0 Å². The van der Waals surface area contributed by atoms with Gasteiger partial charge >= 0.3 is 0 Å². The smallest absolute Gasteiger partial charge is 0.126 e. The number of ether oxygens (including phenoxy) is 1. The molecule has 1 N–H and O–H groups in total. The first-order valence-electron chi connectivity index (χ1n) is 5.79. The molecule has 1 aliphatic carbocycles. The molecule has 2 nitrogen and oxygen atoms in total. The van der Waals surface area contributed by atoms with Crippen molar-refractivity contribution in [2.24, 2.45) is 11.8 Å². The summed E-state index contributed by atoms with van der Waals surface area (Å²) in [6.07, 6.45) is 3.61. The number of aliphatic hydroxyl groups excluding tert-OH is 1. The fraction of sp³-hybridized carbons (Fsp3) is 0.538. The molecular weight excluding hydrogens is 207 g/mol. The van der Waals surface area contributed by atoms with E-state index in [1.165, 1.54) is 31.4 Å². The maximum absolute atomic E-state index is 12.9. The van der Waals surface area contributed by atoms with Crippen LogP contribution in [0.15, 0.2) is 24.3 Å².